The van der Waals surface area contributed by atoms with Crippen LogP contribution in [0, 0.1) is 0 Å². The van der Waals surface area contributed by atoms with Crippen LogP contribution in [0.2, 0.25) is 0 Å². The van der Waals surface area contributed by atoms with E-state index in [1.807, 2.05) is 24.3 Å². The Balaban J connectivity index is 1.80. The molecule has 0 aliphatic carbocycles. The quantitative estimate of drug-likeness (QED) is 0.842. The number of pyridine rings is 1. The summed E-state index contributed by atoms with van der Waals surface area (Å²) in [6, 6.07) is 11.2. The zero-order valence-corrected chi connectivity index (χ0v) is 14.7. The predicted octanol–water partition coefficient (Wildman–Crippen LogP) is 3.16. The second kappa shape index (κ2) is 7.47. The Labute approximate surface area is 148 Å². The molecule has 1 aliphatic rings. The van der Waals surface area contributed by atoms with E-state index in [1.54, 1.807) is 29.0 Å². The number of hydrogen-bond donors (Lipinski definition) is 0. The third-order valence-corrected chi connectivity index (χ3v) is 4.55. The molecule has 0 saturated carbocycles. The molecular weight excluding hydrogens is 314 g/mol. The first-order valence-electron chi connectivity index (χ1n) is 8.73. The van der Waals surface area contributed by atoms with Crippen molar-refractivity contribution in [2.75, 3.05) is 25.0 Å². The molecule has 1 aliphatic heterocycles. The number of nitrogens with zero attached hydrogens (tertiary/aromatic N) is 3. The lowest BCUT2D eigenvalue weighted by molar-refractivity contribution is 0.0793. The second-order valence-corrected chi connectivity index (χ2v) is 6.35. The summed E-state index contributed by atoms with van der Waals surface area (Å²) in [6.45, 7) is 3.45. The molecule has 1 aromatic heterocycles. The highest BCUT2D eigenvalue weighted by atomic mass is 16.2. The maximum absolute atomic E-state index is 12.9. The van der Waals surface area contributed by atoms with Gasteiger partial charge in [0, 0.05) is 37.6 Å². The molecule has 2 amide bonds. The first-order chi connectivity index (χ1) is 12.1. The smallest absolute Gasteiger partial charge is 0.276 e. The van der Waals surface area contributed by atoms with Gasteiger partial charge >= 0.3 is 0 Å². The number of rotatable bonds is 5. The van der Waals surface area contributed by atoms with Crippen LogP contribution in [-0.4, -0.2) is 41.8 Å². The largest absolute Gasteiger partial charge is 0.342 e. The van der Waals surface area contributed by atoms with Gasteiger partial charge in [-0.15, -0.1) is 0 Å². The number of amides is 2. The summed E-state index contributed by atoms with van der Waals surface area (Å²) >= 11 is 0. The van der Waals surface area contributed by atoms with Gasteiger partial charge < -0.3 is 9.80 Å². The van der Waals surface area contributed by atoms with E-state index in [1.165, 1.54) is 11.8 Å². The molecule has 1 aromatic carbocycles. The van der Waals surface area contributed by atoms with Crippen molar-refractivity contribution < 1.29 is 9.59 Å². The third kappa shape index (κ3) is 3.55. The topological polar surface area (TPSA) is 53.5 Å². The zero-order chi connectivity index (χ0) is 17.8. The molecule has 0 saturated heterocycles. The minimum atomic E-state index is -0.157. The molecule has 0 N–H and O–H groups in total. The van der Waals surface area contributed by atoms with Gasteiger partial charge in [-0.2, -0.15) is 0 Å². The van der Waals surface area contributed by atoms with Gasteiger partial charge in [0.15, 0.2) is 0 Å². The second-order valence-electron chi connectivity index (χ2n) is 6.35. The number of benzene rings is 1. The van der Waals surface area contributed by atoms with E-state index in [4.69, 9.17) is 0 Å². The first-order valence-corrected chi connectivity index (χ1v) is 8.73. The van der Waals surface area contributed by atoms with Crippen molar-refractivity contribution in [3.05, 3.63) is 59.4 Å². The van der Waals surface area contributed by atoms with E-state index in [-0.39, 0.29) is 11.8 Å². The fraction of sp³-hybridized carbons (Fsp3) is 0.350. The van der Waals surface area contributed by atoms with E-state index in [2.05, 4.69) is 11.9 Å². The normalized spacial score (nSPS) is 12.8. The monoisotopic (exact) mass is 337 g/mol. The van der Waals surface area contributed by atoms with Gasteiger partial charge in [0.05, 0.1) is 0 Å². The van der Waals surface area contributed by atoms with Crippen LogP contribution in [0.4, 0.5) is 5.69 Å². The number of hydrogen-bond acceptors (Lipinski definition) is 3. The summed E-state index contributed by atoms with van der Waals surface area (Å²) in [5.41, 5.74) is 2.92. The van der Waals surface area contributed by atoms with E-state index in [0.717, 1.165) is 24.9 Å². The van der Waals surface area contributed by atoms with Crippen LogP contribution in [0.15, 0.2) is 42.6 Å². The highest BCUT2D eigenvalue weighted by Crippen LogP contribution is 2.28. The molecule has 2 aromatic rings. The molecule has 5 heteroatoms. The van der Waals surface area contributed by atoms with Gasteiger partial charge in [0.25, 0.3) is 11.8 Å². The van der Waals surface area contributed by atoms with E-state index < -0.39 is 0 Å². The molecule has 0 fully saturated rings. The lowest BCUT2D eigenvalue weighted by atomic mass is 10.1. The molecule has 0 spiro atoms. The van der Waals surface area contributed by atoms with Gasteiger partial charge in [-0.25, -0.2) is 0 Å². The average molecular weight is 337 g/mol. The van der Waals surface area contributed by atoms with Gasteiger partial charge in [-0.3, -0.25) is 14.6 Å². The standard InChI is InChI=1S/C20H23N3O2/c1-3-4-12-22(2)19(24)16-9-11-21-17(14-16)20(25)23-13-10-15-7-5-6-8-18(15)23/h5-9,11,14H,3-4,10,12-13H2,1-2H3. The van der Waals surface area contributed by atoms with Crippen molar-refractivity contribution in [2.45, 2.75) is 26.2 Å². The fourth-order valence-corrected chi connectivity index (χ4v) is 3.09. The Kier molecular flexibility index (Phi) is 5.12. The van der Waals surface area contributed by atoms with Crippen molar-refractivity contribution in [3.8, 4) is 0 Å². The lowest BCUT2D eigenvalue weighted by Gasteiger charge is -2.19. The van der Waals surface area contributed by atoms with E-state index in [0.29, 0.717) is 24.3 Å². The van der Waals surface area contributed by atoms with Gasteiger partial charge in [0.2, 0.25) is 0 Å². The Bertz CT molecular complexity index is 788. The van der Waals surface area contributed by atoms with Crippen LogP contribution >= 0.6 is 0 Å². The maximum Gasteiger partial charge on any atom is 0.276 e. The van der Waals surface area contributed by atoms with Gasteiger partial charge in [-0.05, 0) is 36.6 Å². The van der Waals surface area contributed by atoms with Crippen LogP contribution in [0.1, 0.15) is 46.2 Å². The molecule has 3 rings (SSSR count). The molecule has 0 radical (unpaired) electrons. The SMILES string of the molecule is CCCCN(C)C(=O)c1ccnc(C(=O)N2CCc3ccccc32)c1. The third-order valence-electron chi connectivity index (χ3n) is 4.55. The average Bonchev–Trinajstić information content (AvgIpc) is 3.09. The Morgan fingerprint density at radius 1 is 1.24 bits per heavy atom. The highest BCUT2D eigenvalue weighted by Gasteiger charge is 2.26. The highest BCUT2D eigenvalue weighted by molar-refractivity contribution is 6.07. The predicted molar refractivity (Wildman–Crippen MR) is 97.9 cm³/mol. The Morgan fingerprint density at radius 2 is 2.04 bits per heavy atom. The molecular formula is C20H23N3O2. The summed E-state index contributed by atoms with van der Waals surface area (Å²) in [5, 5.41) is 0. The number of anilines is 1. The minimum Gasteiger partial charge on any atom is -0.342 e. The minimum absolute atomic E-state index is 0.0771. The number of para-hydroxylation sites is 1. The van der Waals surface area contributed by atoms with Gasteiger partial charge in [0.1, 0.15) is 5.69 Å². The summed E-state index contributed by atoms with van der Waals surface area (Å²) in [6.07, 6.45) is 4.38. The van der Waals surface area contributed by atoms with Crippen molar-refractivity contribution in [1.82, 2.24) is 9.88 Å². The number of carbonyl (C=O) groups is 2. The van der Waals surface area contributed by atoms with Crippen molar-refractivity contribution >= 4 is 17.5 Å². The molecule has 0 atom stereocenters. The number of unbranched alkanes of at least 4 members (excludes halogenated alkanes) is 1. The Morgan fingerprint density at radius 3 is 2.84 bits per heavy atom. The van der Waals surface area contributed by atoms with E-state index in [9.17, 15) is 9.59 Å². The summed E-state index contributed by atoms with van der Waals surface area (Å²) in [5.74, 6) is -0.234. The summed E-state index contributed by atoms with van der Waals surface area (Å²) in [7, 11) is 1.79. The van der Waals surface area contributed by atoms with Crippen LogP contribution < -0.4 is 4.90 Å². The molecule has 0 unspecified atom stereocenters. The number of fused-ring (bicyclic) bond motifs is 1. The molecule has 5 nitrogen and oxygen atoms in total. The van der Waals surface area contributed by atoms with Crippen molar-refractivity contribution in [1.29, 1.82) is 0 Å². The molecule has 25 heavy (non-hydrogen) atoms. The summed E-state index contributed by atoms with van der Waals surface area (Å²) < 4.78 is 0. The lowest BCUT2D eigenvalue weighted by Crippen LogP contribution is -2.31. The number of aromatic nitrogens is 1. The number of carbonyl (C=O) groups excluding carboxylic acids is 2. The summed E-state index contributed by atoms with van der Waals surface area (Å²) in [4.78, 5) is 33.0. The van der Waals surface area contributed by atoms with Crippen LogP contribution in [0.25, 0.3) is 0 Å². The van der Waals surface area contributed by atoms with Crippen molar-refractivity contribution in [2.24, 2.45) is 0 Å². The molecule has 130 valence electrons. The van der Waals surface area contributed by atoms with Crippen LogP contribution in [0.5, 0.6) is 0 Å². The van der Waals surface area contributed by atoms with Crippen LogP contribution in [0.3, 0.4) is 0 Å². The van der Waals surface area contributed by atoms with Crippen LogP contribution in [-0.2, 0) is 6.42 Å². The Hall–Kier alpha value is -2.69. The van der Waals surface area contributed by atoms with Crippen molar-refractivity contribution in [3.63, 3.8) is 0 Å². The maximum atomic E-state index is 12.9. The first kappa shape index (κ1) is 17.1. The molecule has 2 heterocycles. The molecule has 0 bridgehead atoms. The fourth-order valence-electron chi connectivity index (χ4n) is 3.09. The zero-order valence-electron chi connectivity index (χ0n) is 14.7. The van der Waals surface area contributed by atoms with Gasteiger partial charge in [-0.1, -0.05) is 31.5 Å². The van der Waals surface area contributed by atoms with E-state index >= 15 is 0 Å².